The van der Waals surface area contributed by atoms with Crippen LogP contribution in [0.15, 0.2) is 118 Å². The van der Waals surface area contributed by atoms with E-state index in [0.29, 0.717) is 28.1 Å². The molecular weight excluding hydrogens is 642 g/mol. The van der Waals surface area contributed by atoms with Crippen LogP contribution in [0.2, 0.25) is 0 Å². The van der Waals surface area contributed by atoms with Gasteiger partial charge in [-0.3, -0.25) is 24.0 Å². The molecule has 1 atom stereocenters. The minimum atomic E-state index is -0.608. The van der Waals surface area contributed by atoms with Crippen LogP contribution in [0.5, 0.6) is 0 Å². The Kier molecular flexibility index (Phi) is 9.52. The number of amides is 4. The molecule has 4 aromatic rings. The first-order valence-corrected chi connectivity index (χ1v) is 15.2. The monoisotopic (exact) mass is 667 g/mol. The van der Waals surface area contributed by atoms with Gasteiger partial charge >= 0.3 is 0 Å². The number of halogens is 1. The molecule has 1 saturated heterocycles. The molecule has 4 aromatic carbocycles. The van der Waals surface area contributed by atoms with Crippen LogP contribution in [-0.4, -0.2) is 34.7 Å². The van der Waals surface area contributed by atoms with E-state index in [9.17, 15) is 24.0 Å². The fraction of sp³-hybridized carbons (Fsp3) is 0.0882. The van der Waals surface area contributed by atoms with Crippen molar-refractivity contribution in [2.75, 3.05) is 10.2 Å². The summed E-state index contributed by atoms with van der Waals surface area (Å²) in [5, 5.41) is 4.92. The Morgan fingerprint density at radius 1 is 0.864 bits per heavy atom. The standard InChI is InChI=1S/C34H26BrN3O5S/c1-21(39)23-10-14-27(15-11-23)38-31(40)20-30(34(38)43)44-28-16-12-26(13-17-28)36-33(42)29(19-22-6-5-9-25(35)18-22)37-32(41)24-7-3-2-4-8-24/h2-19,30H,20H2,1H3,(H,36,42)(H,37,41)/b29-19-. The van der Waals surface area contributed by atoms with E-state index in [1.807, 2.05) is 24.3 Å². The van der Waals surface area contributed by atoms with E-state index in [1.165, 1.54) is 18.7 Å². The third kappa shape index (κ3) is 7.39. The van der Waals surface area contributed by atoms with Crippen LogP contribution in [0.4, 0.5) is 11.4 Å². The Morgan fingerprint density at radius 3 is 2.23 bits per heavy atom. The van der Waals surface area contributed by atoms with Gasteiger partial charge in [-0.1, -0.05) is 46.3 Å². The average molecular weight is 669 g/mol. The van der Waals surface area contributed by atoms with Gasteiger partial charge in [-0.05, 0) is 91.4 Å². The summed E-state index contributed by atoms with van der Waals surface area (Å²) < 4.78 is 0.824. The minimum Gasteiger partial charge on any atom is -0.321 e. The lowest BCUT2D eigenvalue weighted by atomic mass is 10.1. The Hall–Kier alpha value is -4.80. The van der Waals surface area contributed by atoms with Crippen molar-refractivity contribution in [3.63, 3.8) is 0 Å². The first-order chi connectivity index (χ1) is 21.2. The van der Waals surface area contributed by atoms with Crippen LogP contribution < -0.4 is 15.5 Å². The van der Waals surface area contributed by atoms with Gasteiger partial charge in [0.15, 0.2) is 5.78 Å². The third-order valence-electron chi connectivity index (χ3n) is 6.72. The number of nitrogens with one attached hydrogen (secondary N) is 2. The second-order valence-electron chi connectivity index (χ2n) is 9.89. The predicted molar refractivity (Wildman–Crippen MR) is 174 cm³/mol. The highest BCUT2D eigenvalue weighted by Crippen LogP contribution is 2.34. The van der Waals surface area contributed by atoms with Crippen LogP contribution in [0.25, 0.3) is 6.08 Å². The second kappa shape index (κ2) is 13.7. The third-order valence-corrected chi connectivity index (χ3v) is 8.41. The maximum atomic E-state index is 13.3. The highest BCUT2D eigenvalue weighted by atomic mass is 79.9. The Bertz CT molecular complexity index is 1770. The van der Waals surface area contributed by atoms with Crippen molar-refractivity contribution >= 4 is 74.6 Å². The number of Topliss-reactive ketones (excluding diaryl/α,β-unsaturated/α-hetero) is 1. The number of benzene rings is 4. The maximum absolute atomic E-state index is 13.3. The molecule has 0 aliphatic carbocycles. The number of ketones is 1. The smallest absolute Gasteiger partial charge is 0.272 e. The van der Waals surface area contributed by atoms with Crippen molar-refractivity contribution < 1.29 is 24.0 Å². The molecule has 1 fully saturated rings. The van der Waals surface area contributed by atoms with E-state index < -0.39 is 17.1 Å². The summed E-state index contributed by atoms with van der Waals surface area (Å²) in [6.07, 6.45) is 1.63. The van der Waals surface area contributed by atoms with E-state index >= 15 is 0 Å². The summed E-state index contributed by atoms with van der Waals surface area (Å²) in [4.78, 5) is 65.5. The van der Waals surface area contributed by atoms with Crippen LogP contribution in [-0.2, 0) is 14.4 Å². The fourth-order valence-corrected chi connectivity index (χ4v) is 5.97. The molecule has 0 aromatic heterocycles. The van der Waals surface area contributed by atoms with Crippen molar-refractivity contribution in [2.24, 2.45) is 0 Å². The van der Waals surface area contributed by atoms with Crippen LogP contribution in [0, 0.1) is 0 Å². The number of carbonyl (C=O) groups excluding carboxylic acids is 5. The van der Waals surface area contributed by atoms with Gasteiger partial charge in [0.2, 0.25) is 11.8 Å². The van der Waals surface area contributed by atoms with Gasteiger partial charge in [0, 0.05) is 32.6 Å². The lowest BCUT2D eigenvalue weighted by Crippen LogP contribution is -2.31. The molecule has 10 heteroatoms. The quantitative estimate of drug-likeness (QED) is 0.120. The zero-order valence-corrected chi connectivity index (χ0v) is 25.9. The molecule has 0 radical (unpaired) electrons. The van der Waals surface area contributed by atoms with Gasteiger partial charge in [0.25, 0.3) is 11.8 Å². The summed E-state index contributed by atoms with van der Waals surface area (Å²) in [5.74, 6) is -1.68. The lowest BCUT2D eigenvalue weighted by Gasteiger charge is -2.15. The highest BCUT2D eigenvalue weighted by molar-refractivity contribution is 9.10. The van der Waals surface area contributed by atoms with Crippen LogP contribution in [0.1, 0.15) is 39.6 Å². The van der Waals surface area contributed by atoms with Crippen molar-refractivity contribution in [3.8, 4) is 0 Å². The molecule has 220 valence electrons. The summed E-state index contributed by atoms with van der Waals surface area (Å²) in [7, 11) is 0. The van der Waals surface area contributed by atoms with Crippen molar-refractivity contribution in [1.29, 1.82) is 0 Å². The van der Waals surface area contributed by atoms with Gasteiger partial charge < -0.3 is 10.6 Å². The van der Waals surface area contributed by atoms with Crippen molar-refractivity contribution in [2.45, 2.75) is 23.5 Å². The lowest BCUT2D eigenvalue weighted by molar-refractivity contribution is -0.121. The number of carbonyl (C=O) groups is 5. The Labute approximate surface area is 266 Å². The average Bonchev–Trinajstić information content (AvgIpc) is 3.30. The molecule has 1 heterocycles. The summed E-state index contributed by atoms with van der Waals surface area (Å²) >= 11 is 4.69. The number of hydrogen-bond donors (Lipinski definition) is 2. The molecule has 44 heavy (non-hydrogen) atoms. The minimum absolute atomic E-state index is 0.0430. The van der Waals surface area contributed by atoms with Crippen LogP contribution in [0.3, 0.4) is 0 Å². The van der Waals surface area contributed by atoms with Gasteiger partial charge in [-0.15, -0.1) is 11.8 Å². The van der Waals surface area contributed by atoms with E-state index in [2.05, 4.69) is 26.6 Å². The largest absolute Gasteiger partial charge is 0.321 e. The molecular formula is C34H26BrN3O5S. The van der Waals surface area contributed by atoms with Gasteiger partial charge in [-0.2, -0.15) is 0 Å². The Morgan fingerprint density at radius 2 is 1.57 bits per heavy atom. The molecule has 8 nitrogen and oxygen atoms in total. The first kappa shape index (κ1) is 30.7. The number of imide groups is 1. The van der Waals surface area contributed by atoms with E-state index in [-0.39, 0.29) is 29.7 Å². The molecule has 1 unspecified atom stereocenters. The number of anilines is 2. The zero-order chi connectivity index (χ0) is 31.2. The molecule has 0 saturated carbocycles. The van der Waals surface area contributed by atoms with E-state index in [4.69, 9.17) is 0 Å². The van der Waals surface area contributed by atoms with Crippen molar-refractivity contribution in [1.82, 2.24) is 5.32 Å². The van der Waals surface area contributed by atoms with E-state index in [0.717, 1.165) is 14.3 Å². The number of nitrogens with zero attached hydrogens (tertiary/aromatic N) is 1. The topological polar surface area (TPSA) is 113 Å². The Balaban J connectivity index is 1.27. The van der Waals surface area contributed by atoms with Crippen LogP contribution >= 0.6 is 27.7 Å². The van der Waals surface area contributed by atoms with Gasteiger partial charge in [-0.25, -0.2) is 4.90 Å². The molecule has 2 N–H and O–H groups in total. The summed E-state index contributed by atoms with van der Waals surface area (Å²) in [5.41, 5.74) is 2.59. The van der Waals surface area contributed by atoms with Gasteiger partial charge in [0.05, 0.1) is 10.9 Å². The summed E-state index contributed by atoms with van der Waals surface area (Å²) in [6, 6.07) is 29.2. The SMILES string of the molecule is CC(=O)c1ccc(N2C(=O)CC(Sc3ccc(NC(=O)/C(=C/c4cccc(Br)c4)NC(=O)c4ccccc4)cc3)C2=O)cc1. The summed E-state index contributed by atoms with van der Waals surface area (Å²) in [6.45, 7) is 1.45. The highest BCUT2D eigenvalue weighted by Gasteiger charge is 2.40. The molecule has 0 spiro atoms. The first-order valence-electron chi connectivity index (χ1n) is 13.6. The molecule has 0 bridgehead atoms. The van der Waals surface area contributed by atoms with Crippen molar-refractivity contribution in [3.05, 3.63) is 130 Å². The number of rotatable bonds is 9. The maximum Gasteiger partial charge on any atom is 0.272 e. The van der Waals surface area contributed by atoms with Gasteiger partial charge in [0.1, 0.15) is 5.70 Å². The zero-order valence-electron chi connectivity index (χ0n) is 23.5. The predicted octanol–water partition coefficient (Wildman–Crippen LogP) is 6.49. The van der Waals surface area contributed by atoms with E-state index in [1.54, 1.807) is 84.9 Å². The fourth-order valence-electron chi connectivity index (χ4n) is 4.50. The molecule has 1 aliphatic rings. The second-order valence-corrected chi connectivity index (χ2v) is 12.1. The number of hydrogen-bond acceptors (Lipinski definition) is 6. The normalized spacial score (nSPS) is 14.8. The molecule has 5 rings (SSSR count). The number of thioether (sulfide) groups is 1. The molecule has 1 aliphatic heterocycles. The molecule has 4 amide bonds.